The number of nitrogens with one attached hydrogen (secondary N) is 1. The lowest BCUT2D eigenvalue weighted by atomic mass is 10.2. The SMILES string of the molecule is CN(C)c1ccc(Br)cc1NCc1nccn1C. The highest BCUT2D eigenvalue weighted by Gasteiger charge is 2.06. The van der Waals surface area contributed by atoms with Crippen molar-refractivity contribution >= 4 is 27.3 Å². The number of imidazole rings is 1. The molecule has 0 aliphatic rings. The summed E-state index contributed by atoms with van der Waals surface area (Å²) in [6, 6.07) is 6.21. The summed E-state index contributed by atoms with van der Waals surface area (Å²) in [5, 5.41) is 3.42. The molecule has 5 heteroatoms. The first-order valence-corrected chi connectivity index (χ1v) is 6.54. The molecule has 96 valence electrons. The summed E-state index contributed by atoms with van der Waals surface area (Å²) >= 11 is 3.50. The van der Waals surface area contributed by atoms with Crippen LogP contribution in [0.15, 0.2) is 35.1 Å². The number of aryl methyl sites for hydroxylation is 1. The second kappa shape index (κ2) is 5.44. The second-order valence-electron chi connectivity index (χ2n) is 4.36. The van der Waals surface area contributed by atoms with Crippen LogP contribution in [0, 0.1) is 0 Å². The van der Waals surface area contributed by atoms with Crippen molar-refractivity contribution in [1.82, 2.24) is 9.55 Å². The van der Waals surface area contributed by atoms with Crippen molar-refractivity contribution < 1.29 is 0 Å². The molecule has 0 radical (unpaired) electrons. The Balaban J connectivity index is 2.18. The van der Waals surface area contributed by atoms with Crippen molar-refractivity contribution in [2.24, 2.45) is 7.05 Å². The van der Waals surface area contributed by atoms with E-state index in [9.17, 15) is 0 Å². The number of anilines is 2. The third kappa shape index (κ3) is 2.85. The highest BCUT2D eigenvalue weighted by molar-refractivity contribution is 9.10. The molecule has 0 saturated carbocycles. The molecular weight excluding hydrogens is 292 g/mol. The van der Waals surface area contributed by atoms with Gasteiger partial charge in [0, 0.05) is 38.0 Å². The van der Waals surface area contributed by atoms with Crippen molar-refractivity contribution in [3.63, 3.8) is 0 Å². The van der Waals surface area contributed by atoms with Crippen LogP contribution in [0.2, 0.25) is 0 Å². The van der Waals surface area contributed by atoms with Crippen LogP contribution >= 0.6 is 15.9 Å². The molecule has 0 atom stereocenters. The number of rotatable bonds is 4. The lowest BCUT2D eigenvalue weighted by Crippen LogP contribution is -2.13. The van der Waals surface area contributed by atoms with Gasteiger partial charge in [-0.2, -0.15) is 0 Å². The Morgan fingerprint density at radius 2 is 2.17 bits per heavy atom. The maximum atomic E-state index is 4.30. The molecule has 0 bridgehead atoms. The largest absolute Gasteiger partial charge is 0.376 e. The van der Waals surface area contributed by atoms with E-state index in [1.165, 1.54) is 0 Å². The fourth-order valence-electron chi connectivity index (χ4n) is 1.78. The molecular formula is C13H17BrN4. The number of nitrogens with zero attached hydrogens (tertiary/aromatic N) is 3. The fourth-order valence-corrected chi connectivity index (χ4v) is 2.14. The van der Waals surface area contributed by atoms with Gasteiger partial charge in [-0.05, 0) is 18.2 Å². The number of benzene rings is 1. The molecule has 2 aromatic rings. The average molecular weight is 309 g/mol. The Hall–Kier alpha value is -1.49. The highest BCUT2D eigenvalue weighted by atomic mass is 79.9. The molecule has 1 aromatic carbocycles. The van der Waals surface area contributed by atoms with Gasteiger partial charge in [-0.15, -0.1) is 0 Å². The summed E-state index contributed by atoms with van der Waals surface area (Å²) in [5.41, 5.74) is 2.25. The number of halogens is 1. The average Bonchev–Trinajstić information content (AvgIpc) is 2.72. The van der Waals surface area contributed by atoms with Crippen LogP contribution in [-0.4, -0.2) is 23.6 Å². The van der Waals surface area contributed by atoms with Crippen LogP contribution in [0.4, 0.5) is 11.4 Å². The first kappa shape index (κ1) is 13.0. The summed E-state index contributed by atoms with van der Waals surface area (Å²) in [6.07, 6.45) is 3.76. The standard InChI is InChI=1S/C13H17BrN4/c1-17(2)12-5-4-10(14)8-11(12)16-9-13-15-6-7-18(13)3/h4-8,16H,9H2,1-3H3. The third-order valence-corrected chi connectivity index (χ3v) is 3.29. The molecule has 0 amide bonds. The maximum absolute atomic E-state index is 4.30. The van der Waals surface area contributed by atoms with Gasteiger partial charge < -0.3 is 14.8 Å². The monoisotopic (exact) mass is 308 g/mol. The normalized spacial score (nSPS) is 10.4. The van der Waals surface area contributed by atoms with E-state index in [-0.39, 0.29) is 0 Å². The van der Waals surface area contributed by atoms with Gasteiger partial charge in [0.05, 0.1) is 17.9 Å². The summed E-state index contributed by atoms with van der Waals surface area (Å²) in [4.78, 5) is 6.39. The summed E-state index contributed by atoms with van der Waals surface area (Å²) in [6.45, 7) is 0.709. The van der Waals surface area contributed by atoms with E-state index in [2.05, 4.69) is 43.3 Å². The van der Waals surface area contributed by atoms with Gasteiger partial charge in [-0.1, -0.05) is 15.9 Å². The van der Waals surface area contributed by atoms with Crippen LogP contribution in [-0.2, 0) is 13.6 Å². The van der Waals surface area contributed by atoms with Crippen LogP contribution in [0.5, 0.6) is 0 Å². The minimum absolute atomic E-state index is 0.709. The highest BCUT2D eigenvalue weighted by Crippen LogP contribution is 2.28. The minimum Gasteiger partial charge on any atom is -0.376 e. The minimum atomic E-state index is 0.709. The number of hydrogen-bond acceptors (Lipinski definition) is 3. The molecule has 0 unspecified atom stereocenters. The molecule has 0 saturated heterocycles. The molecule has 18 heavy (non-hydrogen) atoms. The van der Waals surface area contributed by atoms with Gasteiger partial charge in [0.15, 0.2) is 0 Å². The predicted octanol–water partition coefficient (Wildman–Crippen LogP) is 2.86. The van der Waals surface area contributed by atoms with Crippen LogP contribution in [0.1, 0.15) is 5.82 Å². The zero-order valence-electron chi connectivity index (χ0n) is 10.8. The van der Waals surface area contributed by atoms with E-state index < -0.39 is 0 Å². The van der Waals surface area contributed by atoms with Gasteiger partial charge >= 0.3 is 0 Å². The van der Waals surface area contributed by atoms with Crippen molar-refractivity contribution in [2.75, 3.05) is 24.3 Å². The van der Waals surface area contributed by atoms with E-state index in [0.717, 1.165) is 21.7 Å². The molecule has 4 nitrogen and oxygen atoms in total. The second-order valence-corrected chi connectivity index (χ2v) is 5.28. The molecule has 2 rings (SSSR count). The fraction of sp³-hybridized carbons (Fsp3) is 0.308. The third-order valence-electron chi connectivity index (χ3n) is 2.80. The number of hydrogen-bond donors (Lipinski definition) is 1. The smallest absolute Gasteiger partial charge is 0.127 e. The number of aromatic nitrogens is 2. The molecule has 1 heterocycles. The summed E-state index contributed by atoms with van der Waals surface area (Å²) in [7, 11) is 6.07. The van der Waals surface area contributed by atoms with Gasteiger partial charge in [0.25, 0.3) is 0 Å². The zero-order valence-corrected chi connectivity index (χ0v) is 12.4. The van der Waals surface area contributed by atoms with E-state index in [1.54, 1.807) is 0 Å². The van der Waals surface area contributed by atoms with E-state index in [0.29, 0.717) is 6.54 Å². The van der Waals surface area contributed by atoms with Crippen molar-refractivity contribution in [1.29, 1.82) is 0 Å². The maximum Gasteiger partial charge on any atom is 0.127 e. The van der Waals surface area contributed by atoms with Crippen LogP contribution in [0.25, 0.3) is 0 Å². The van der Waals surface area contributed by atoms with Crippen LogP contribution in [0.3, 0.4) is 0 Å². The Kier molecular flexibility index (Phi) is 3.91. The van der Waals surface area contributed by atoms with Crippen molar-refractivity contribution in [3.05, 3.63) is 40.9 Å². The molecule has 1 aromatic heterocycles. The lowest BCUT2D eigenvalue weighted by molar-refractivity contribution is 0.812. The molecule has 0 fully saturated rings. The quantitative estimate of drug-likeness (QED) is 0.943. The van der Waals surface area contributed by atoms with Gasteiger partial charge in [0.1, 0.15) is 5.82 Å². The van der Waals surface area contributed by atoms with Gasteiger partial charge in [-0.3, -0.25) is 0 Å². The zero-order chi connectivity index (χ0) is 13.1. The van der Waals surface area contributed by atoms with Crippen LogP contribution < -0.4 is 10.2 Å². The lowest BCUT2D eigenvalue weighted by Gasteiger charge is -2.18. The Bertz CT molecular complexity index is 534. The van der Waals surface area contributed by atoms with Crippen molar-refractivity contribution in [2.45, 2.75) is 6.54 Å². The van der Waals surface area contributed by atoms with Gasteiger partial charge in [-0.25, -0.2) is 4.98 Å². The Morgan fingerprint density at radius 3 is 2.78 bits per heavy atom. The predicted molar refractivity (Wildman–Crippen MR) is 79.0 cm³/mol. The van der Waals surface area contributed by atoms with Crippen molar-refractivity contribution in [3.8, 4) is 0 Å². The molecule has 0 aliphatic carbocycles. The topological polar surface area (TPSA) is 33.1 Å². The van der Waals surface area contributed by atoms with E-state index in [1.807, 2.05) is 44.2 Å². The molecule has 0 aliphatic heterocycles. The summed E-state index contributed by atoms with van der Waals surface area (Å²) in [5.74, 6) is 1.01. The van der Waals surface area contributed by atoms with E-state index >= 15 is 0 Å². The summed E-state index contributed by atoms with van der Waals surface area (Å²) < 4.78 is 3.08. The first-order chi connectivity index (χ1) is 8.58. The molecule has 0 spiro atoms. The first-order valence-electron chi connectivity index (χ1n) is 5.75. The Labute approximate surface area is 116 Å². The molecule has 1 N–H and O–H groups in total. The Morgan fingerprint density at radius 1 is 1.39 bits per heavy atom. The van der Waals surface area contributed by atoms with E-state index in [4.69, 9.17) is 0 Å². The van der Waals surface area contributed by atoms with Gasteiger partial charge in [0.2, 0.25) is 0 Å².